The van der Waals surface area contributed by atoms with Crippen LogP contribution in [-0.2, 0) is 28.6 Å². The van der Waals surface area contributed by atoms with Gasteiger partial charge < -0.3 is 14.2 Å². The van der Waals surface area contributed by atoms with Crippen LogP contribution in [0.4, 0.5) is 0 Å². The number of carbonyl (C=O) groups excluding carboxylic acids is 3. The van der Waals surface area contributed by atoms with Gasteiger partial charge in [-0.2, -0.15) is 0 Å². The minimum atomic E-state index is -1.46. The summed E-state index contributed by atoms with van der Waals surface area (Å²) in [7, 11) is 2.25. The van der Waals surface area contributed by atoms with Crippen molar-refractivity contribution in [3.8, 4) is 0 Å². The monoisotopic (exact) mass is 295 g/mol. The van der Waals surface area contributed by atoms with Gasteiger partial charge >= 0.3 is 17.9 Å². The van der Waals surface area contributed by atoms with Crippen molar-refractivity contribution in [3.63, 3.8) is 0 Å². The highest BCUT2D eigenvalue weighted by atomic mass is 16.5. The van der Waals surface area contributed by atoms with Crippen molar-refractivity contribution in [2.75, 3.05) is 20.8 Å². The number of nitrogens with zero attached hydrogens (tertiary/aromatic N) is 1. The van der Waals surface area contributed by atoms with Crippen LogP contribution in [0, 0.1) is 5.92 Å². The maximum absolute atomic E-state index is 12.1. The Kier molecular flexibility index (Phi) is 6.32. The van der Waals surface area contributed by atoms with Gasteiger partial charge in [0.25, 0.3) is 0 Å². The smallest absolute Gasteiger partial charge is 0.321 e. The van der Waals surface area contributed by atoms with Crippen molar-refractivity contribution in [1.29, 1.82) is 0 Å². The first-order chi connectivity index (χ1) is 10.1. The SMILES string of the molecule is CCOC(=O)C(c1ccccn1)C(C(=O)OC)C(=O)OC. The van der Waals surface area contributed by atoms with E-state index < -0.39 is 29.7 Å². The molecular formula is C14H17NO6. The van der Waals surface area contributed by atoms with E-state index in [0.29, 0.717) is 0 Å². The molecule has 0 N–H and O–H groups in total. The average molecular weight is 295 g/mol. The summed E-state index contributed by atoms with van der Waals surface area (Å²) in [5.74, 6) is -5.19. The number of hydrogen-bond donors (Lipinski definition) is 0. The predicted molar refractivity (Wildman–Crippen MR) is 71.1 cm³/mol. The number of carbonyl (C=O) groups is 3. The molecule has 1 atom stereocenters. The molecule has 1 aromatic rings. The fourth-order valence-corrected chi connectivity index (χ4v) is 1.84. The first-order valence-corrected chi connectivity index (χ1v) is 6.30. The summed E-state index contributed by atoms with van der Waals surface area (Å²) in [6.07, 6.45) is 1.45. The summed E-state index contributed by atoms with van der Waals surface area (Å²) in [6.45, 7) is 1.73. The van der Waals surface area contributed by atoms with Gasteiger partial charge in [-0.15, -0.1) is 0 Å². The minimum Gasteiger partial charge on any atom is -0.468 e. The summed E-state index contributed by atoms with van der Waals surface area (Å²) in [5.41, 5.74) is 0.233. The lowest BCUT2D eigenvalue weighted by molar-refractivity contribution is -0.166. The number of pyridine rings is 1. The fraction of sp³-hybridized carbons (Fsp3) is 0.429. The summed E-state index contributed by atoms with van der Waals surface area (Å²) < 4.78 is 14.1. The van der Waals surface area contributed by atoms with Crippen molar-refractivity contribution in [2.24, 2.45) is 5.92 Å². The van der Waals surface area contributed by atoms with Gasteiger partial charge in [-0.3, -0.25) is 19.4 Å². The van der Waals surface area contributed by atoms with E-state index in [1.165, 1.54) is 12.3 Å². The molecule has 0 saturated carbocycles. The van der Waals surface area contributed by atoms with E-state index in [2.05, 4.69) is 14.5 Å². The molecule has 1 unspecified atom stereocenters. The van der Waals surface area contributed by atoms with Crippen molar-refractivity contribution in [2.45, 2.75) is 12.8 Å². The molecule has 7 heteroatoms. The third-order valence-electron chi connectivity index (χ3n) is 2.79. The Bertz CT molecular complexity index is 485. The van der Waals surface area contributed by atoms with Gasteiger partial charge in [-0.25, -0.2) is 0 Å². The Hall–Kier alpha value is -2.44. The molecule has 0 bridgehead atoms. The van der Waals surface area contributed by atoms with Crippen LogP contribution in [0.3, 0.4) is 0 Å². The van der Waals surface area contributed by atoms with Crippen LogP contribution in [0.25, 0.3) is 0 Å². The second-order valence-electron chi connectivity index (χ2n) is 4.01. The topological polar surface area (TPSA) is 91.8 Å². The van der Waals surface area contributed by atoms with Crippen molar-refractivity contribution in [3.05, 3.63) is 30.1 Å². The van der Waals surface area contributed by atoms with E-state index in [1.54, 1.807) is 19.1 Å². The molecule has 1 aromatic heterocycles. The standard InChI is InChI=1S/C14H17NO6/c1-4-21-14(18)10(9-7-5-6-8-15-9)11(12(16)19-2)13(17)20-3/h5-8,10-11H,4H2,1-3H3. The summed E-state index contributed by atoms with van der Waals surface area (Å²) in [6, 6.07) is 4.82. The summed E-state index contributed by atoms with van der Waals surface area (Å²) in [4.78, 5) is 39.9. The zero-order chi connectivity index (χ0) is 15.8. The lowest BCUT2D eigenvalue weighted by atomic mass is 9.89. The molecule has 114 valence electrons. The zero-order valence-corrected chi connectivity index (χ0v) is 12.1. The third kappa shape index (κ3) is 4.01. The van der Waals surface area contributed by atoms with Gasteiger partial charge in [-0.1, -0.05) is 6.07 Å². The van der Waals surface area contributed by atoms with E-state index in [-0.39, 0.29) is 12.3 Å². The Balaban J connectivity index is 3.28. The molecule has 0 saturated heterocycles. The first-order valence-electron chi connectivity index (χ1n) is 6.30. The Morgan fingerprint density at radius 1 is 1.10 bits per heavy atom. The van der Waals surface area contributed by atoms with Gasteiger partial charge in [-0.05, 0) is 19.1 Å². The summed E-state index contributed by atoms with van der Waals surface area (Å²) in [5, 5.41) is 0. The van der Waals surface area contributed by atoms with Crippen LogP contribution in [0.1, 0.15) is 18.5 Å². The number of methoxy groups -OCH3 is 2. The number of ether oxygens (including phenoxy) is 3. The normalized spacial score (nSPS) is 11.6. The largest absolute Gasteiger partial charge is 0.468 e. The average Bonchev–Trinajstić information content (AvgIpc) is 2.52. The minimum absolute atomic E-state index is 0.108. The third-order valence-corrected chi connectivity index (χ3v) is 2.79. The number of esters is 3. The molecule has 0 aliphatic heterocycles. The highest BCUT2D eigenvalue weighted by Gasteiger charge is 2.43. The number of rotatable bonds is 6. The predicted octanol–water partition coefficient (Wildman–Crippen LogP) is 0.690. The quantitative estimate of drug-likeness (QED) is 0.433. The second-order valence-corrected chi connectivity index (χ2v) is 4.01. The van der Waals surface area contributed by atoms with Gasteiger partial charge in [0, 0.05) is 6.20 Å². The van der Waals surface area contributed by atoms with E-state index in [9.17, 15) is 14.4 Å². The molecule has 7 nitrogen and oxygen atoms in total. The molecule has 0 spiro atoms. The Morgan fingerprint density at radius 3 is 2.14 bits per heavy atom. The molecule has 1 rings (SSSR count). The Morgan fingerprint density at radius 2 is 1.71 bits per heavy atom. The first kappa shape index (κ1) is 16.6. The number of aromatic nitrogens is 1. The van der Waals surface area contributed by atoms with E-state index in [0.717, 1.165) is 14.2 Å². The molecule has 0 radical (unpaired) electrons. The fourth-order valence-electron chi connectivity index (χ4n) is 1.84. The molecule has 1 heterocycles. The zero-order valence-electron chi connectivity index (χ0n) is 12.1. The van der Waals surface area contributed by atoms with Gasteiger partial charge in [0.15, 0.2) is 5.92 Å². The number of hydrogen-bond acceptors (Lipinski definition) is 7. The van der Waals surface area contributed by atoms with Crippen molar-refractivity contribution >= 4 is 17.9 Å². The molecular weight excluding hydrogens is 278 g/mol. The van der Waals surface area contributed by atoms with Gasteiger partial charge in [0.05, 0.1) is 26.5 Å². The van der Waals surface area contributed by atoms with Crippen molar-refractivity contribution in [1.82, 2.24) is 4.98 Å². The lowest BCUT2D eigenvalue weighted by Crippen LogP contribution is -2.37. The van der Waals surface area contributed by atoms with Gasteiger partial charge in [0.2, 0.25) is 0 Å². The maximum atomic E-state index is 12.1. The van der Waals surface area contributed by atoms with Crippen LogP contribution in [0.5, 0.6) is 0 Å². The van der Waals surface area contributed by atoms with Crippen molar-refractivity contribution < 1.29 is 28.6 Å². The van der Waals surface area contributed by atoms with Crippen LogP contribution in [0.2, 0.25) is 0 Å². The van der Waals surface area contributed by atoms with Crippen LogP contribution < -0.4 is 0 Å². The highest BCUT2D eigenvalue weighted by molar-refractivity contribution is 6.01. The van der Waals surface area contributed by atoms with Crippen LogP contribution >= 0.6 is 0 Å². The molecule has 0 aliphatic carbocycles. The van der Waals surface area contributed by atoms with E-state index in [4.69, 9.17) is 4.74 Å². The molecule has 0 fully saturated rings. The van der Waals surface area contributed by atoms with E-state index in [1.807, 2.05) is 0 Å². The van der Waals surface area contributed by atoms with Crippen LogP contribution in [-0.4, -0.2) is 43.7 Å². The molecule has 0 aliphatic rings. The second kappa shape index (κ2) is 7.98. The lowest BCUT2D eigenvalue weighted by Gasteiger charge is -2.21. The van der Waals surface area contributed by atoms with E-state index >= 15 is 0 Å². The maximum Gasteiger partial charge on any atom is 0.321 e. The highest BCUT2D eigenvalue weighted by Crippen LogP contribution is 2.27. The van der Waals surface area contributed by atoms with Gasteiger partial charge in [0.1, 0.15) is 5.92 Å². The molecule has 0 aromatic carbocycles. The Labute approximate surface area is 122 Å². The molecule has 0 amide bonds. The molecule has 21 heavy (non-hydrogen) atoms. The summed E-state index contributed by atoms with van der Waals surface area (Å²) >= 11 is 0. The van der Waals surface area contributed by atoms with Crippen LogP contribution in [0.15, 0.2) is 24.4 Å².